The summed E-state index contributed by atoms with van der Waals surface area (Å²) in [4.78, 5) is 2.59. The van der Waals surface area contributed by atoms with Gasteiger partial charge in [0.25, 0.3) is 0 Å². The Morgan fingerprint density at radius 3 is 2.94 bits per heavy atom. The topological polar surface area (TPSA) is 29.3 Å². The SMILES string of the molecule is CCCC1CCCCN1Cc1ccc(Cl)cc1N. The van der Waals surface area contributed by atoms with Gasteiger partial charge in [-0.2, -0.15) is 0 Å². The van der Waals surface area contributed by atoms with Crippen LogP contribution in [0, 0.1) is 0 Å². The van der Waals surface area contributed by atoms with Crippen LogP contribution in [0.25, 0.3) is 0 Å². The van der Waals surface area contributed by atoms with Crippen molar-refractivity contribution in [2.24, 2.45) is 0 Å². The second-order valence-electron chi connectivity index (χ2n) is 5.25. The third-order valence-corrected chi connectivity index (χ3v) is 4.09. The number of nitrogen functional groups attached to an aromatic ring is 1. The van der Waals surface area contributed by atoms with Crippen molar-refractivity contribution in [1.29, 1.82) is 0 Å². The van der Waals surface area contributed by atoms with Gasteiger partial charge in [0.2, 0.25) is 0 Å². The lowest BCUT2D eigenvalue weighted by Gasteiger charge is -2.36. The largest absolute Gasteiger partial charge is 0.398 e. The van der Waals surface area contributed by atoms with E-state index in [-0.39, 0.29) is 0 Å². The Kier molecular flexibility index (Phi) is 4.90. The molecule has 1 saturated heterocycles. The van der Waals surface area contributed by atoms with E-state index in [0.29, 0.717) is 0 Å². The Balaban J connectivity index is 2.06. The fourth-order valence-electron chi connectivity index (χ4n) is 2.86. The lowest BCUT2D eigenvalue weighted by Crippen LogP contribution is -2.38. The van der Waals surface area contributed by atoms with E-state index < -0.39 is 0 Å². The summed E-state index contributed by atoms with van der Waals surface area (Å²) < 4.78 is 0. The van der Waals surface area contributed by atoms with E-state index >= 15 is 0 Å². The Morgan fingerprint density at radius 2 is 2.22 bits per heavy atom. The van der Waals surface area contributed by atoms with E-state index in [1.807, 2.05) is 12.1 Å². The lowest BCUT2D eigenvalue weighted by molar-refractivity contribution is 0.132. The lowest BCUT2D eigenvalue weighted by atomic mass is 9.97. The number of nitrogens with two attached hydrogens (primary N) is 1. The summed E-state index contributed by atoms with van der Waals surface area (Å²) in [6.07, 6.45) is 6.58. The van der Waals surface area contributed by atoms with Crippen molar-refractivity contribution in [3.63, 3.8) is 0 Å². The van der Waals surface area contributed by atoms with Crippen LogP contribution in [0.3, 0.4) is 0 Å². The average Bonchev–Trinajstić information content (AvgIpc) is 2.35. The van der Waals surface area contributed by atoms with Crippen LogP contribution < -0.4 is 5.73 Å². The number of benzene rings is 1. The molecule has 1 aliphatic heterocycles. The fourth-order valence-corrected chi connectivity index (χ4v) is 3.04. The predicted molar refractivity (Wildman–Crippen MR) is 78.8 cm³/mol. The molecule has 1 unspecified atom stereocenters. The van der Waals surface area contributed by atoms with Gasteiger partial charge in [-0.3, -0.25) is 4.90 Å². The monoisotopic (exact) mass is 266 g/mol. The van der Waals surface area contributed by atoms with Gasteiger partial charge in [-0.05, 0) is 43.5 Å². The third-order valence-electron chi connectivity index (χ3n) is 3.85. The minimum Gasteiger partial charge on any atom is -0.398 e. The Bertz CT molecular complexity index is 390. The predicted octanol–water partition coefficient (Wildman–Crippen LogP) is 4.08. The molecule has 1 atom stereocenters. The van der Waals surface area contributed by atoms with Crippen molar-refractivity contribution in [3.8, 4) is 0 Å². The van der Waals surface area contributed by atoms with E-state index in [2.05, 4.69) is 17.9 Å². The van der Waals surface area contributed by atoms with E-state index in [1.54, 1.807) is 0 Å². The molecule has 18 heavy (non-hydrogen) atoms. The molecular formula is C15H23ClN2. The average molecular weight is 267 g/mol. The number of hydrogen-bond donors (Lipinski definition) is 1. The van der Waals surface area contributed by atoms with Crippen molar-refractivity contribution in [2.45, 2.75) is 51.6 Å². The molecule has 1 aromatic carbocycles. The van der Waals surface area contributed by atoms with Gasteiger partial charge >= 0.3 is 0 Å². The summed E-state index contributed by atoms with van der Waals surface area (Å²) in [6.45, 7) is 4.43. The first-order valence-electron chi connectivity index (χ1n) is 6.98. The molecule has 3 heteroatoms. The molecule has 1 aliphatic rings. The van der Waals surface area contributed by atoms with E-state index in [9.17, 15) is 0 Å². The fraction of sp³-hybridized carbons (Fsp3) is 0.600. The normalized spacial score (nSPS) is 21.1. The Hall–Kier alpha value is -0.730. The first kappa shape index (κ1) is 13.7. The highest BCUT2D eigenvalue weighted by Gasteiger charge is 2.21. The first-order chi connectivity index (χ1) is 8.70. The molecule has 1 fully saturated rings. The summed E-state index contributed by atoms with van der Waals surface area (Å²) in [5, 5.41) is 0.722. The zero-order valence-electron chi connectivity index (χ0n) is 11.2. The standard InChI is InChI=1S/C15H23ClN2/c1-2-5-14-6-3-4-9-18(14)11-12-7-8-13(16)10-15(12)17/h7-8,10,14H,2-6,9,11,17H2,1H3. The van der Waals surface area contributed by atoms with Crippen molar-refractivity contribution in [2.75, 3.05) is 12.3 Å². The quantitative estimate of drug-likeness (QED) is 0.832. The van der Waals surface area contributed by atoms with E-state index in [4.69, 9.17) is 17.3 Å². The second-order valence-corrected chi connectivity index (χ2v) is 5.69. The summed E-state index contributed by atoms with van der Waals surface area (Å²) in [6, 6.07) is 6.59. The zero-order valence-corrected chi connectivity index (χ0v) is 11.9. The summed E-state index contributed by atoms with van der Waals surface area (Å²) in [5.41, 5.74) is 8.08. The molecule has 0 bridgehead atoms. The maximum Gasteiger partial charge on any atom is 0.0426 e. The molecule has 2 rings (SSSR count). The van der Waals surface area contributed by atoms with Crippen molar-refractivity contribution in [3.05, 3.63) is 28.8 Å². The minimum absolute atomic E-state index is 0.722. The Labute approximate surface area is 115 Å². The highest BCUT2D eigenvalue weighted by atomic mass is 35.5. The number of nitrogens with zero attached hydrogens (tertiary/aromatic N) is 1. The van der Waals surface area contributed by atoms with Gasteiger partial charge in [0.05, 0.1) is 0 Å². The van der Waals surface area contributed by atoms with E-state index in [1.165, 1.54) is 44.2 Å². The molecule has 1 aromatic rings. The van der Waals surface area contributed by atoms with Crippen molar-refractivity contribution in [1.82, 2.24) is 4.90 Å². The summed E-state index contributed by atoms with van der Waals surface area (Å²) in [7, 11) is 0. The number of anilines is 1. The number of piperidine rings is 1. The molecule has 2 N–H and O–H groups in total. The number of hydrogen-bond acceptors (Lipinski definition) is 2. The van der Waals surface area contributed by atoms with Crippen molar-refractivity contribution >= 4 is 17.3 Å². The van der Waals surface area contributed by atoms with Crippen LogP contribution in [0.1, 0.15) is 44.6 Å². The Morgan fingerprint density at radius 1 is 1.39 bits per heavy atom. The molecule has 0 aromatic heterocycles. The van der Waals surface area contributed by atoms with Crippen LogP contribution in [-0.4, -0.2) is 17.5 Å². The van der Waals surface area contributed by atoms with Gasteiger partial charge in [-0.25, -0.2) is 0 Å². The highest BCUT2D eigenvalue weighted by molar-refractivity contribution is 6.30. The van der Waals surface area contributed by atoms with E-state index in [0.717, 1.165) is 23.3 Å². The van der Waals surface area contributed by atoms with Gasteiger partial charge in [0.15, 0.2) is 0 Å². The molecule has 0 saturated carbocycles. The second kappa shape index (κ2) is 6.44. The number of rotatable bonds is 4. The number of likely N-dealkylation sites (tertiary alicyclic amines) is 1. The summed E-state index contributed by atoms with van der Waals surface area (Å²) in [5.74, 6) is 0. The molecule has 1 heterocycles. The molecule has 0 radical (unpaired) electrons. The van der Waals surface area contributed by atoms with Gasteiger partial charge in [0, 0.05) is 23.3 Å². The van der Waals surface area contributed by atoms with Gasteiger partial charge in [0.1, 0.15) is 0 Å². The van der Waals surface area contributed by atoms with Crippen molar-refractivity contribution < 1.29 is 0 Å². The van der Waals surface area contributed by atoms with Crippen LogP contribution in [0.4, 0.5) is 5.69 Å². The van der Waals surface area contributed by atoms with Crippen LogP contribution in [0.15, 0.2) is 18.2 Å². The number of halogens is 1. The maximum absolute atomic E-state index is 6.05. The minimum atomic E-state index is 0.722. The molecule has 2 nitrogen and oxygen atoms in total. The van der Waals surface area contributed by atoms with Crippen LogP contribution in [0.5, 0.6) is 0 Å². The zero-order chi connectivity index (χ0) is 13.0. The van der Waals surface area contributed by atoms with Gasteiger partial charge in [-0.15, -0.1) is 0 Å². The van der Waals surface area contributed by atoms with Crippen LogP contribution >= 0.6 is 11.6 Å². The molecule has 100 valence electrons. The first-order valence-corrected chi connectivity index (χ1v) is 7.36. The van der Waals surface area contributed by atoms with Crippen LogP contribution in [0.2, 0.25) is 5.02 Å². The summed E-state index contributed by atoms with van der Waals surface area (Å²) >= 11 is 5.94. The molecule has 0 aliphatic carbocycles. The third kappa shape index (κ3) is 3.39. The smallest absolute Gasteiger partial charge is 0.0426 e. The maximum atomic E-state index is 6.05. The molecule has 0 spiro atoms. The molecular weight excluding hydrogens is 244 g/mol. The molecule has 0 amide bonds. The van der Waals surface area contributed by atoms with Crippen LogP contribution in [-0.2, 0) is 6.54 Å². The highest BCUT2D eigenvalue weighted by Crippen LogP contribution is 2.25. The van der Waals surface area contributed by atoms with Gasteiger partial charge < -0.3 is 5.73 Å². The van der Waals surface area contributed by atoms with Gasteiger partial charge in [-0.1, -0.05) is 37.4 Å².